The molecule has 1 heterocycles. The van der Waals surface area contributed by atoms with Crippen LogP contribution < -0.4 is 10.6 Å². The number of hydrogen-bond acceptors (Lipinski definition) is 4. The maximum Gasteiger partial charge on any atom is 0.251 e. The highest BCUT2D eigenvalue weighted by Crippen LogP contribution is 2.22. The third kappa shape index (κ3) is 5.92. The molecular weight excluding hydrogens is 408 g/mol. The molecule has 0 saturated carbocycles. The number of nitrogens with one attached hydrogen (secondary N) is 2. The Morgan fingerprint density at radius 1 is 1.00 bits per heavy atom. The molecule has 158 valence electrons. The van der Waals surface area contributed by atoms with Gasteiger partial charge in [-0.3, -0.25) is 4.79 Å². The normalized spacial score (nSPS) is 13.4. The molecule has 5 nitrogen and oxygen atoms in total. The largest absolute Gasteiger partial charge is 0.352 e. The van der Waals surface area contributed by atoms with Gasteiger partial charge in [0.1, 0.15) is 0 Å². The van der Waals surface area contributed by atoms with Gasteiger partial charge < -0.3 is 10.6 Å². The molecule has 6 heteroatoms. The van der Waals surface area contributed by atoms with Crippen LogP contribution in [0.5, 0.6) is 0 Å². The number of halogens is 1. The third-order valence-corrected chi connectivity index (χ3v) is 5.57. The summed E-state index contributed by atoms with van der Waals surface area (Å²) < 4.78 is 0. The van der Waals surface area contributed by atoms with E-state index in [-0.39, 0.29) is 5.91 Å². The fraction of sp³-hybridized carbons (Fsp3) is 0.240. The van der Waals surface area contributed by atoms with Crippen LogP contribution in [-0.4, -0.2) is 22.4 Å². The summed E-state index contributed by atoms with van der Waals surface area (Å²) in [6.45, 7) is 0.677. The summed E-state index contributed by atoms with van der Waals surface area (Å²) in [4.78, 5) is 21.2. The number of hydrogen-bond donors (Lipinski definition) is 2. The molecule has 0 radical (unpaired) electrons. The van der Waals surface area contributed by atoms with E-state index in [0.29, 0.717) is 23.1 Å². The highest BCUT2D eigenvalue weighted by atomic mass is 35.5. The molecule has 0 aliphatic heterocycles. The Labute approximate surface area is 187 Å². The Kier molecular flexibility index (Phi) is 6.95. The van der Waals surface area contributed by atoms with Crippen molar-refractivity contribution in [2.45, 2.75) is 32.1 Å². The van der Waals surface area contributed by atoms with Gasteiger partial charge in [-0.1, -0.05) is 35.4 Å². The first-order valence-electron chi connectivity index (χ1n) is 10.6. The molecule has 1 aliphatic carbocycles. The molecule has 0 atom stereocenters. The molecule has 1 aliphatic rings. The second kappa shape index (κ2) is 10.2. The number of amides is 1. The SMILES string of the molecule is O=C(NCCC1=CCCCC1)c1ccc(Nc2nccc(-c3ccc(Cl)cc3)n2)cc1. The van der Waals surface area contributed by atoms with Gasteiger partial charge in [-0.05, 0) is 74.6 Å². The zero-order chi connectivity index (χ0) is 21.5. The number of anilines is 2. The van der Waals surface area contributed by atoms with E-state index in [9.17, 15) is 4.79 Å². The van der Waals surface area contributed by atoms with Crippen molar-refractivity contribution in [1.82, 2.24) is 15.3 Å². The maximum atomic E-state index is 12.4. The molecule has 1 amide bonds. The number of aromatic nitrogens is 2. The monoisotopic (exact) mass is 432 g/mol. The Morgan fingerprint density at radius 2 is 1.81 bits per heavy atom. The van der Waals surface area contributed by atoms with Crippen molar-refractivity contribution in [2.24, 2.45) is 0 Å². The van der Waals surface area contributed by atoms with E-state index >= 15 is 0 Å². The van der Waals surface area contributed by atoms with Crippen LogP contribution in [0.1, 0.15) is 42.5 Å². The fourth-order valence-corrected chi connectivity index (χ4v) is 3.73. The van der Waals surface area contributed by atoms with Gasteiger partial charge in [-0.15, -0.1) is 0 Å². The van der Waals surface area contributed by atoms with E-state index in [1.807, 2.05) is 42.5 Å². The summed E-state index contributed by atoms with van der Waals surface area (Å²) in [6, 6.07) is 16.7. The summed E-state index contributed by atoms with van der Waals surface area (Å²) in [7, 11) is 0. The number of rotatable bonds is 7. The molecule has 4 rings (SSSR count). The van der Waals surface area contributed by atoms with Crippen molar-refractivity contribution in [3.05, 3.63) is 83.0 Å². The van der Waals surface area contributed by atoms with Gasteiger partial charge in [0.05, 0.1) is 5.69 Å². The van der Waals surface area contributed by atoms with Crippen molar-refractivity contribution in [1.29, 1.82) is 0 Å². The van der Waals surface area contributed by atoms with Gasteiger partial charge in [0.15, 0.2) is 0 Å². The zero-order valence-corrected chi connectivity index (χ0v) is 18.0. The van der Waals surface area contributed by atoms with Crippen molar-refractivity contribution in [3.63, 3.8) is 0 Å². The Bertz CT molecular complexity index is 1060. The lowest BCUT2D eigenvalue weighted by atomic mass is 9.97. The van der Waals surface area contributed by atoms with Crippen molar-refractivity contribution in [3.8, 4) is 11.3 Å². The van der Waals surface area contributed by atoms with E-state index in [1.165, 1.54) is 24.8 Å². The van der Waals surface area contributed by atoms with Crippen molar-refractivity contribution in [2.75, 3.05) is 11.9 Å². The average Bonchev–Trinajstić information content (AvgIpc) is 2.81. The van der Waals surface area contributed by atoms with Crippen molar-refractivity contribution >= 4 is 29.1 Å². The number of allylic oxidation sites excluding steroid dienone is 1. The predicted octanol–water partition coefficient (Wildman–Crippen LogP) is 6.16. The van der Waals surface area contributed by atoms with Crippen LogP contribution in [0.15, 0.2) is 72.4 Å². The van der Waals surface area contributed by atoms with Crippen LogP contribution in [0.4, 0.5) is 11.6 Å². The minimum atomic E-state index is -0.0519. The standard InChI is InChI=1S/C25H25ClN4O/c26-21-10-6-19(7-11-21)23-15-17-28-25(30-23)29-22-12-8-20(9-13-22)24(31)27-16-14-18-4-2-1-3-5-18/h4,6-13,15,17H,1-3,5,14,16H2,(H,27,31)(H,28,29,30). The van der Waals surface area contributed by atoms with Crippen LogP contribution in [0, 0.1) is 0 Å². The summed E-state index contributed by atoms with van der Waals surface area (Å²) in [6.07, 6.45) is 9.85. The summed E-state index contributed by atoms with van der Waals surface area (Å²) in [5, 5.41) is 6.89. The molecule has 2 aromatic carbocycles. The molecule has 3 aromatic rings. The highest BCUT2D eigenvalue weighted by Gasteiger charge is 2.08. The Morgan fingerprint density at radius 3 is 2.55 bits per heavy atom. The molecule has 0 unspecified atom stereocenters. The van der Waals surface area contributed by atoms with Gasteiger partial charge in [0, 0.05) is 34.6 Å². The molecule has 0 saturated heterocycles. The smallest absolute Gasteiger partial charge is 0.251 e. The van der Waals surface area contributed by atoms with Crippen LogP contribution >= 0.6 is 11.6 Å². The second-order valence-corrected chi connectivity index (χ2v) is 8.03. The molecule has 0 bridgehead atoms. The number of carbonyl (C=O) groups excluding carboxylic acids is 1. The molecule has 0 spiro atoms. The number of carbonyl (C=O) groups is 1. The van der Waals surface area contributed by atoms with Gasteiger partial charge in [0.2, 0.25) is 5.95 Å². The first kappa shape index (κ1) is 21.1. The number of nitrogens with zero attached hydrogens (tertiary/aromatic N) is 2. The summed E-state index contributed by atoms with van der Waals surface area (Å²) >= 11 is 5.96. The van der Waals surface area contributed by atoms with Crippen LogP contribution in [-0.2, 0) is 0 Å². The van der Waals surface area contributed by atoms with Gasteiger partial charge in [-0.2, -0.15) is 0 Å². The molecule has 2 N–H and O–H groups in total. The van der Waals surface area contributed by atoms with Gasteiger partial charge in [-0.25, -0.2) is 9.97 Å². The first-order valence-corrected chi connectivity index (χ1v) is 11.0. The zero-order valence-electron chi connectivity index (χ0n) is 17.3. The summed E-state index contributed by atoms with van der Waals surface area (Å²) in [5.74, 6) is 0.439. The van der Waals surface area contributed by atoms with Gasteiger partial charge >= 0.3 is 0 Å². The minimum absolute atomic E-state index is 0.0519. The van der Waals surface area contributed by atoms with E-state index in [0.717, 1.165) is 29.8 Å². The molecule has 0 fully saturated rings. The first-order chi connectivity index (χ1) is 15.2. The third-order valence-electron chi connectivity index (χ3n) is 5.32. The minimum Gasteiger partial charge on any atom is -0.352 e. The topological polar surface area (TPSA) is 66.9 Å². The van der Waals surface area contributed by atoms with E-state index in [1.54, 1.807) is 18.3 Å². The van der Waals surface area contributed by atoms with E-state index < -0.39 is 0 Å². The highest BCUT2D eigenvalue weighted by molar-refractivity contribution is 6.30. The van der Waals surface area contributed by atoms with E-state index in [2.05, 4.69) is 26.7 Å². The molecule has 31 heavy (non-hydrogen) atoms. The Hall–Kier alpha value is -3.18. The lowest BCUT2D eigenvalue weighted by Crippen LogP contribution is -2.24. The number of benzene rings is 2. The van der Waals surface area contributed by atoms with Crippen molar-refractivity contribution < 1.29 is 4.79 Å². The van der Waals surface area contributed by atoms with Crippen LogP contribution in [0.2, 0.25) is 5.02 Å². The Balaban J connectivity index is 1.34. The van der Waals surface area contributed by atoms with Crippen LogP contribution in [0.25, 0.3) is 11.3 Å². The molecular formula is C25H25ClN4O. The lowest BCUT2D eigenvalue weighted by Gasteiger charge is -2.13. The quantitative estimate of drug-likeness (QED) is 0.438. The average molecular weight is 433 g/mol. The van der Waals surface area contributed by atoms with Crippen LogP contribution in [0.3, 0.4) is 0 Å². The van der Waals surface area contributed by atoms with Gasteiger partial charge in [0.25, 0.3) is 5.91 Å². The maximum absolute atomic E-state index is 12.4. The fourth-order valence-electron chi connectivity index (χ4n) is 3.60. The van der Waals surface area contributed by atoms with E-state index in [4.69, 9.17) is 11.6 Å². The summed E-state index contributed by atoms with van der Waals surface area (Å²) in [5.41, 5.74) is 4.69. The lowest BCUT2D eigenvalue weighted by molar-refractivity contribution is 0.0954. The molecule has 1 aromatic heterocycles. The predicted molar refractivity (Wildman–Crippen MR) is 126 cm³/mol. The second-order valence-electron chi connectivity index (χ2n) is 7.59.